The van der Waals surface area contributed by atoms with Gasteiger partial charge < -0.3 is 5.11 Å². The molecule has 0 rings (SSSR count). The molecule has 0 heterocycles. The molecule has 7 heavy (non-hydrogen) atoms. The van der Waals surface area contributed by atoms with E-state index in [4.69, 9.17) is 18.8 Å². The molecule has 0 aromatic heterocycles. The minimum absolute atomic E-state index is 0.0322. The van der Waals surface area contributed by atoms with Crippen LogP contribution >= 0.6 is 27.5 Å². The normalized spacial score (nSPS) is 6.71. The summed E-state index contributed by atoms with van der Waals surface area (Å²) in [6.45, 7) is 1.08. The van der Waals surface area contributed by atoms with Gasteiger partial charge in [-0.05, 0) is 0 Å². The molecule has 2 nitrogen and oxygen atoms in total. The van der Waals surface area contributed by atoms with Gasteiger partial charge >= 0.3 is 43.6 Å². The van der Waals surface area contributed by atoms with Crippen LogP contribution in [0, 0.1) is 0 Å². The van der Waals surface area contributed by atoms with E-state index >= 15 is 0 Å². The SMILES string of the molecule is CC(=O)O.Cl[I-]I. The zero-order valence-electron chi connectivity index (χ0n) is 3.49. The van der Waals surface area contributed by atoms with E-state index in [9.17, 15) is 0 Å². The molecule has 0 radical (unpaired) electrons. The summed E-state index contributed by atoms with van der Waals surface area (Å²) in [7, 11) is 5.10. The van der Waals surface area contributed by atoms with Crippen LogP contribution in [0.2, 0.25) is 0 Å². The van der Waals surface area contributed by atoms with Crippen LogP contribution in [0.5, 0.6) is 0 Å². The molecule has 0 unspecified atom stereocenters. The molecule has 0 atom stereocenters. The van der Waals surface area contributed by atoms with Gasteiger partial charge in [0.05, 0.1) is 0 Å². The molecule has 0 amide bonds. The van der Waals surface area contributed by atoms with Crippen molar-refractivity contribution >= 4 is 33.5 Å². The second kappa shape index (κ2) is 10.3. The molecule has 0 aromatic rings. The first-order valence-corrected chi connectivity index (χ1v) is 10.2. The van der Waals surface area contributed by atoms with Crippen molar-refractivity contribution in [1.82, 2.24) is 0 Å². The second-order valence-electron chi connectivity index (χ2n) is 0.573. The first-order valence-electron chi connectivity index (χ1n) is 1.21. The third-order valence-corrected chi connectivity index (χ3v) is 0. The Bertz CT molecular complexity index is 45.0. The Morgan fingerprint density at radius 2 is 2.00 bits per heavy atom. The van der Waals surface area contributed by atoms with Gasteiger partial charge in [0.1, 0.15) is 0 Å². The summed E-state index contributed by atoms with van der Waals surface area (Å²) in [6.07, 6.45) is 0. The third-order valence-electron chi connectivity index (χ3n) is 0. The average Bonchev–Trinajstić information content (AvgIpc) is 1.33. The van der Waals surface area contributed by atoms with Crippen molar-refractivity contribution in [2.75, 3.05) is 0 Å². The zero-order valence-corrected chi connectivity index (χ0v) is 8.56. The van der Waals surface area contributed by atoms with Crippen molar-refractivity contribution in [3.63, 3.8) is 0 Å². The van der Waals surface area contributed by atoms with Gasteiger partial charge in [-0.25, -0.2) is 0 Å². The van der Waals surface area contributed by atoms with E-state index in [1.807, 2.05) is 0 Å². The monoisotopic (exact) mass is 349 g/mol. The first kappa shape index (κ1) is 11.1. The maximum atomic E-state index is 9.00. The molecular formula is C2H4ClI2O2-. The predicted molar refractivity (Wildman–Crippen MR) is 33.2 cm³/mol. The van der Waals surface area contributed by atoms with Crippen LogP contribution in [-0.4, -0.2) is 11.1 Å². The van der Waals surface area contributed by atoms with Gasteiger partial charge in [-0.1, -0.05) is 0 Å². The van der Waals surface area contributed by atoms with Gasteiger partial charge in [0.2, 0.25) is 0 Å². The summed E-state index contributed by atoms with van der Waals surface area (Å²) in [5, 5.41) is 7.42. The van der Waals surface area contributed by atoms with Gasteiger partial charge in [0.25, 0.3) is 5.97 Å². The Balaban J connectivity index is 0. The fourth-order valence-electron chi connectivity index (χ4n) is 0. The number of hydrogen-bond donors (Lipinski definition) is 1. The van der Waals surface area contributed by atoms with E-state index in [0.29, 0.717) is 0 Å². The summed E-state index contributed by atoms with van der Waals surface area (Å²) in [6, 6.07) is 0. The Morgan fingerprint density at radius 1 is 2.00 bits per heavy atom. The summed E-state index contributed by atoms with van der Waals surface area (Å²) in [4.78, 5) is 9.00. The summed E-state index contributed by atoms with van der Waals surface area (Å²) in [5.74, 6) is -0.833. The van der Waals surface area contributed by atoms with Crippen LogP contribution in [0.1, 0.15) is 6.92 Å². The van der Waals surface area contributed by atoms with Crippen molar-refractivity contribution < 1.29 is 26.0 Å². The quantitative estimate of drug-likeness (QED) is 0.551. The summed E-state index contributed by atoms with van der Waals surface area (Å²) >= 11 is 2.20. The van der Waals surface area contributed by atoms with Crippen molar-refractivity contribution in [2.45, 2.75) is 6.92 Å². The van der Waals surface area contributed by atoms with E-state index in [2.05, 4.69) is 18.6 Å². The number of hydrogen-bond acceptors (Lipinski definition) is 1. The fraction of sp³-hybridized carbons (Fsp3) is 0.500. The predicted octanol–water partition coefficient (Wildman–Crippen LogP) is -1.33. The van der Waals surface area contributed by atoms with Crippen LogP contribution in [0.4, 0.5) is 0 Å². The number of carbonyl (C=O) groups is 1. The number of carboxylic acid groups (broad SMARTS) is 1. The maximum absolute atomic E-state index is 9.00. The fourth-order valence-corrected chi connectivity index (χ4v) is 0. The van der Waals surface area contributed by atoms with E-state index in [-0.39, 0.29) is 16.1 Å². The minimum atomic E-state index is -0.833. The van der Waals surface area contributed by atoms with Gasteiger partial charge in [-0.15, -0.1) is 0 Å². The number of aliphatic carboxylic acids is 1. The van der Waals surface area contributed by atoms with E-state index in [0.717, 1.165) is 6.92 Å². The molecule has 1 N–H and O–H groups in total. The van der Waals surface area contributed by atoms with Crippen LogP contribution < -0.4 is 16.1 Å². The first-order chi connectivity index (χ1) is 3.15. The molecule has 0 saturated carbocycles. The van der Waals surface area contributed by atoms with Gasteiger partial charge in [-0.2, -0.15) is 0 Å². The zero-order chi connectivity index (χ0) is 6.28. The van der Waals surface area contributed by atoms with Crippen molar-refractivity contribution in [2.24, 2.45) is 0 Å². The van der Waals surface area contributed by atoms with Crippen molar-refractivity contribution in [1.29, 1.82) is 0 Å². The Labute approximate surface area is 65.8 Å². The topological polar surface area (TPSA) is 37.3 Å². The van der Waals surface area contributed by atoms with Crippen molar-refractivity contribution in [3.05, 3.63) is 0 Å². The molecule has 0 saturated heterocycles. The van der Waals surface area contributed by atoms with Crippen LogP contribution in [0.25, 0.3) is 0 Å². The Hall–Kier alpha value is 1.22. The van der Waals surface area contributed by atoms with E-state index < -0.39 is 5.97 Å². The standard InChI is InChI=1S/C2H4O2.ClI2/c1-2(3)4;1-3-2/h1H3,(H,3,4);/q;-1. The van der Waals surface area contributed by atoms with Gasteiger partial charge in [0.15, 0.2) is 0 Å². The Kier molecular flexibility index (Phi) is 16.2. The molecule has 0 bridgehead atoms. The third kappa shape index (κ3) is 132. The molecule has 0 aromatic carbocycles. The molecule has 0 spiro atoms. The number of carboxylic acids is 1. The molecule has 0 aliphatic rings. The second-order valence-corrected chi connectivity index (χ2v) is 7.81. The van der Waals surface area contributed by atoms with Crippen LogP contribution in [0.3, 0.4) is 0 Å². The number of rotatable bonds is 0. The number of halogens is 3. The molecule has 0 aliphatic carbocycles. The molecule has 5 heteroatoms. The molecule has 0 fully saturated rings. The molecule has 0 aliphatic heterocycles. The average molecular weight is 349 g/mol. The summed E-state index contributed by atoms with van der Waals surface area (Å²) in [5.41, 5.74) is 0. The van der Waals surface area contributed by atoms with E-state index in [1.165, 1.54) is 0 Å². The van der Waals surface area contributed by atoms with Gasteiger partial charge in [0, 0.05) is 6.92 Å². The van der Waals surface area contributed by atoms with Gasteiger partial charge in [-0.3, -0.25) is 4.79 Å². The van der Waals surface area contributed by atoms with E-state index in [1.54, 1.807) is 0 Å². The Morgan fingerprint density at radius 3 is 2.00 bits per heavy atom. The molecule has 46 valence electrons. The van der Waals surface area contributed by atoms with Crippen LogP contribution in [0.15, 0.2) is 0 Å². The summed E-state index contributed by atoms with van der Waals surface area (Å²) < 4.78 is 0. The van der Waals surface area contributed by atoms with Crippen molar-refractivity contribution in [3.8, 4) is 0 Å². The van der Waals surface area contributed by atoms with Crippen LogP contribution in [-0.2, 0) is 4.79 Å². The molecular weight excluding hydrogens is 345 g/mol.